The number of nitrogens with one attached hydrogen (secondary N) is 2. The molecular formula is C23H21F3N4O4. The number of hydrogen-bond acceptors (Lipinski definition) is 6. The Bertz CT molecular complexity index is 1140. The van der Waals surface area contributed by atoms with Gasteiger partial charge in [0.2, 0.25) is 5.91 Å². The topological polar surface area (TPSA) is 106 Å². The fourth-order valence-corrected chi connectivity index (χ4v) is 2.99. The Morgan fingerprint density at radius 2 is 1.91 bits per heavy atom. The minimum atomic E-state index is -4.69. The Hall–Kier alpha value is -4.15. The number of carbonyl (C=O) groups is 1. The maximum Gasteiger partial charge on any atom is 0.416 e. The van der Waals surface area contributed by atoms with Crippen molar-refractivity contribution < 1.29 is 27.6 Å². The molecule has 1 aromatic heterocycles. The van der Waals surface area contributed by atoms with Crippen molar-refractivity contribution in [1.29, 1.82) is 0 Å². The molecule has 0 aliphatic carbocycles. The molecule has 11 heteroatoms. The summed E-state index contributed by atoms with van der Waals surface area (Å²) < 4.78 is 44.1. The van der Waals surface area contributed by atoms with Gasteiger partial charge < -0.3 is 15.4 Å². The zero-order chi connectivity index (χ0) is 24.6. The predicted molar refractivity (Wildman–Crippen MR) is 118 cm³/mol. The smallest absolute Gasteiger partial charge is 0.416 e. The number of halogens is 3. The summed E-state index contributed by atoms with van der Waals surface area (Å²) in [6.45, 7) is 0.545. The van der Waals surface area contributed by atoms with Gasteiger partial charge in [0.1, 0.15) is 18.0 Å². The molecule has 2 aromatic carbocycles. The van der Waals surface area contributed by atoms with Crippen LogP contribution in [0, 0.1) is 10.1 Å². The molecule has 8 nitrogen and oxygen atoms in total. The first kappa shape index (κ1) is 24.5. The van der Waals surface area contributed by atoms with Crippen molar-refractivity contribution >= 4 is 17.3 Å². The fraction of sp³-hybridized carbons (Fsp3) is 0.217. The number of hydrogen-bond donors (Lipinski definition) is 2. The van der Waals surface area contributed by atoms with E-state index in [-0.39, 0.29) is 31.1 Å². The Labute approximate surface area is 192 Å². The van der Waals surface area contributed by atoms with Gasteiger partial charge in [-0.1, -0.05) is 18.2 Å². The Morgan fingerprint density at radius 3 is 2.62 bits per heavy atom. The van der Waals surface area contributed by atoms with Crippen LogP contribution in [0.1, 0.15) is 23.2 Å². The molecule has 0 aliphatic rings. The molecule has 0 aliphatic heterocycles. The normalized spacial score (nSPS) is 11.0. The van der Waals surface area contributed by atoms with Gasteiger partial charge in [-0.15, -0.1) is 0 Å². The number of pyridine rings is 1. The van der Waals surface area contributed by atoms with E-state index in [9.17, 15) is 28.1 Å². The Morgan fingerprint density at radius 1 is 1.09 bits per heavy atom. The molecule has 0 radical (unpaired) electrons. The third-order valence-corrected chi connectivity index (χ3v) is 4.69. The first-order valence-corrected chi connectivity index (χ1v) is 10.2. The number of carbonyl (C=O) groups excluding carboxylic acids is 1. The molecule has 1 amide bonds. The molecule has 3 aromatic rings. The molecule has 0 unspecified atom stereocenters. The third-order valence-electron chi connectivity index (χ3n) is 4.69. The molecule has 1 heterocycles. The molecule has 178 valence electrons. The van der Waals surface area contributed by atoms with Crippen LogP contribution in [0.5, 0.6) is 5.75 Å². The lowest BCUT2D eigenvalue weighted by atomic mass is 10.1. The number of aromatic nitrogens is 1. The number of nitro groups is 1. The number of alkyl halides is 3. The van der Waals surface area contributed by atoms with Crippen LogP contribution in [0.2, 0.25) is 0 Å². The molecule has 0 spiro atoms. The molecule has 0 saturated carbocycles. The van der Waals surface area contributed by atoms with E-state index < -0.39 is 22.4 Å². The van der Waals surface area contributed by atoms with Crippen LogP contribution in [0.25, 0.3) is 0 Å². The molecule has 0 saturated heterocycles. The van der Waals surface area contributed by atoms with Gasteiger partial charge in [-0.3, -0.25) is 19.9 Å². The summed E-state index contributed by atoms with van der Waals surface area (Å²) in [6.07, 6.45) is -3.05. The standard InChI is InChI=1S/C23H21F3N4O4/c24-23(25,26)17-7-8-20(21(13-17)30(32)33)28-11-9-22(31)29-14-16-4-3-6-19(12-16)34-15-18-5-1-2-10-27-18/h1-8,10,12-13,28H,9,11,14-15H2,(H,29,31). The molecule has 2 N–H and O–H groups in total. The highest BCUT2D eigenvalue weighted by Gasteiger charge is 2.33. The van der Waals surface area contributed by atoms with Gasteiger partial charge in [-0.25, -0.2) is 0 Å². The molecule has 3 rings (SSSR count). The average molecular weight is 474 g/mol. The van der Waals surface area contributed by atoms with E-state index in [4.69, 9.17) is 4.74 Å². The molecule has 0 fully saturated rings. The SMILES string of the molecule is O=C(CCNc1ccc(C(F)(F)F)cc1[N+](=O)[O-])NCc1cccc(OCc2ccccn2)c1. The van der Waals surface area contributed by atoms with Crippen LogP contribution >= 0.6 is 0 Å². The monoisotopic (exact) mass is 474 g/mol. The van der Waals surface area contributed by atoms with Gasteiger partial charge in [-0.2, -0.15) is 13.2 Å². The highest BCUT2D eigenvalue weighted by molar-refractivity contribution is 5.76. The summed E-state index contributed by atoms with van der Waals surface area (Å²) >= 11 is 0. The number of benzene rings is 2. The van der Waals surface area contributed by atoms with Crippen molar-refractivity contribution in [1.82, 2.24) is 10.3 Å². The molecule has 34 heavy (non-hydrogen) atoms. The van der Waals surface area contributed by atoms with Crippen molar-refractivity contribution in [2.45, 2.75) is 25.7 Å². The van der Waals surface area contributed by atoms with Crippen LogP contribution in [0.4, 0.5) is 24.5 Å². The van der Waals surface area contributed by atoms with Gasteiger partial charge in [0.05, 0.1) is 16.2 Å². The van der Waals surface area contributed by atoms with E-state index in [1.807, 2.05) is 24.3 Å². The van der Waals surface area contributed by atoms with E-state index in [0.717, 1.165) is 23.4 Å². The minimum absolute atomic E-state index is 0.00522. The van der Waals surface area contributed by atoms with Crippen LogP contribution in [-0.4, -0.2) is 22.4 Å². The average Bonchev–Trinajstić information content (AvgIpc) is 2.82. The second-order valence-corrected chi connectivity index (χ2v) is 7.20. The van der Waals surface area contributed by atoms with Crippen molar-refractivity contribution in [2.24, 2.45) is 0 Å². The Kier molecular flexibility index (Phi) is 8.01. The summed E-state index contributed by atoms with van der Waals surface area (Å²) in [6, 6.07) is 14.9. The third kappa shape index (κ3) is 7.19. The zero-order valence-electron chi connectivity index (χ0n) is 17.8. The van der Waals surface area contributed by atoms with E-state index >= 15 is 0 Å². The minimum Gasteiger partial charge on any atom is -0.487 e. The highest BCUT2D eigenvalue weighted by Crippen LogP contribution is 2.34. The molecule has 0 bridgehead atoms. The second-order valence-electron chi connectivity index (χ2n) is 7.20. The van der Waals surface area contributed by atoms with Crippen LogP contribution in [0.3, 0.4) is 0 Å². The van der Waals surface area contributed by atoms with Crippen molar-refractivity contribution in [3.63, 3.8) is 0 Å². The lowest BCUT2D eigenvalue weighted by Crippen LogP contribution is -2.25. The van der Waals surface area contributed by atoms with Gasteiger partial charge in [-0.05, 0) is 42.0 Å². The van der Waals surface area contributed by atoms with Crippen LogP contribution < -0.4 is 15.4 Å². The molecule has 0 atom stereocenters. The largest absolute Gasteiger partial charge is 0.487 e. The first-order valence-electron chi connectivity index (χ1n) is 10.2. The van der Waals surface area contributed by atoms with Crippen molar-refractivity contribution in [3.8, 4) is 5.75 Å². The lowest BCUT2D eigenvalue weighted by Gasteiger charge is -2.11. The van der Waals surface area contributed by atoms with Gasteiger partial charge in [0.25, 0.3) is 5.69 Å². The van der Waals surface area contributed by atoms with Crippen molar-refractivity contribution in [2.75, 3.05) is 11.9 Å². The number of nitrogens with zero attached hydrogens (tertiary/aromatic N) is 2. The van der Waals surface area contributed by atoms with E-state index in [1.165, 1.54) is 0 Å². The number of rotatable bonds is 10. The summed E-state index contributed by atoms with van der Waals surface area (Å²) in [5, 5.41) is 16.5. The maximum absolute atomic E-state index is 12.8. The zero-order valence-corrected chi connectivity index (χ0v) is 17.8. The second kappa shape index (κ2) is 11.1. The lowest BCUT2D eigenvalue weighted by molar-refractivity contribution is -0.384. The van der Waals surface area contributed by atoms with Gasteiger partial charge in [0, 0.05) is 31.8 Å². The predicted octanol–water partition coefficient (Wildman–Crippen LogP) is 4.71. The summed E-state index contributed by atoms with van der Waals surface area (Å²) in [5.41, 5.74) is -0.338. The van der Waals surface area contributed by atoms with E-state index in [0.29, 0.717) is 18.4 Å². The summed E-state index contributed by atoms with van der Waals surface area (Å²) in [7, 11) is 0. The van der Waals surface area contributed by atoms with Gasteiger partial charge in [0.15, 0.2) is 0 Å². The summed E-state index contributed by atoms with van der Waals surface area (Å²) in [5.74, 6) is 0.288. The Balaban J connectivity index is 1.47. The first-order chi connectivity index (χ1) is 16.2. The number of amides is 1. The quantitative estimate of drug-likeness (QED) is 0.326. The summed E-state index contributed by atoms with van der Waals surface area (Å²) in [4.78, 5) is 26.5. The maximum atomic E-state index is 12.8. The van der Waals surface area contributed by atoms with Gasteiger partial charge >= 0.3 is 6.18 Å². The van der Waals surface area contributed by atoms with E-state index in [2.05, 4.69) is 15.6 Å². The fourth-order valence-electron chi connectivity index (χ4n) is 2.99. The molecular weight excluding hydrogens is 453 g/mol. The number of anilines is 1. The van der Waals surface area contributed by atoms with Crippen LogP contribution in [-0.2, 0) is 24.1 Å². The highest BCUT2D eigenvalue weighted by atomic mass is 19.4. The number of nitro benzene ring substituents is 1. The van der Waals surface area contributed by atoms with Crippen molar-refractivity contribution in [3.05, 3.63) is 93.8 Å². The van der Waals surface area contributed by atoms with Crippen LogP contribution in [0.15, 0.2) is 66.9 Å². The van der Waals surface area contributed by atoms with E-state index in [1.54, 1.807) is 24.4 Å². The number of ether oxygens (including phenoxy) is 1.